The molecule has 0 aromatic heterocycles. The molecular weight excluding hydrogens is 242 g/mol. The maximum atomic E-state index is 12.1. The number of carbonyl (C=O) groups is 2. The molecule has 1 aromatic carbocycles. The van der Waals surface area contributed by atoms with Gasteiger partial charge in [-0.1, -0.05) is 30.3 Å². The summed E-state index contributed by atoms with van der Waals surface area (Å²) in [6.45, 7) is 6.80. The molecule has 0 bridgehead atoms. The van der Waals surface area contributed by atoms with Crippen molar-refractivity contribution in [3.05, 3.63) is 35.9 Å². The maximum Gasteiger partial charge on any atom is 0.329 e. The van der Waals surface area contributed by atoms with Crippen LogP contribution < -0.4 is 5.32 Å². The number of rotatable bonds is 4. The summed E-state index contributed by atoms with van der Waals surface area (Å²) in [6.07, 6.45) is 0.426. The van der Waals surface area contributed by atoms with Crippen LogP contribution in [0.4, 0.5) is 0 Å². The SMILES string of the molecule is CC(=O)N[C@H](Cc1ccccc1)C(=O)OC(C)(C)C. The van der Waals surface area contributed by atoms with Gasteiger partial charge < -0.3 is 10.1 Å². The Hall–Kier alpha value is -1.84. The van der Waals surface area contributed by atoms with Crippen LogP contribution in [0.15, 0.2) is 30.3 Å². The topological polar surface area (TPSA) is 55.4 Å². The first kappa shape index (κ1) is 15.2. The number of benzene rings is 1. The van der Waals surface area contributed by atoms with Crippen molar-refractivity contribution in [1.29, 1.82) is 0 Å². The highest BCUT2D eigenvalue weighted by atomic mass is 16.6. The Kier molecular flexibility index (Phi) is 5.10. The van der Waals surface area contributed by atoms with Gasteiger partial charge in [-0.2, -0.15) is 0 Å². The standard InChI is InChI=1S/C15H21NO3/c1-11(17)16-13(14(18)19-15(2,3)4)10-12-8-6-5-7-9-12/h5-9,13H,10H2,1-4H3,(H,16,17)/t13-/m1/s1. The third-order valence-corrected chi connectivity index (χ3v) is 2.35. The molecule has 0 radical (unpaired) electrons. The fraction of sp³-hybridized carbons (Fsp3) is 0.467. The van der Waals surface area contributed by atoms with Gasteiger partial charge in [0.15, 0.2) is 0 Å². The Labute approximate surface area is 114 Å². The average molecular weight is 263 g/mol. The molecule has 0 aliphatic carbocycles. The van der Waals surface area contributed by atoms with Gasteiger partial charge >= 0.3 is 5.97 Å². The van der Waals surface area contributed by atoms with Crippen LogP contribution in [-0.4, -0.2) is 23.5 Å². The molecule has 1 atom stereocenters. The molecule has 19 heavy (non-hydrogen) atoms. The minimum Gasteiger partial charge on any atom is -0.458 e. The van der Waals surface area contributed by atoms with Crippen LogP contribution in [0.1, 0.15) is 33.3 Å². The third kappa shape index (κ3) is 6.04. The van der Waals surface area contributed by atoms with Crippen molar-refractivity contribution in [1.82, 2.24) is 5.32 Å². The van der Waals surface area contributed by atoms with E-state index in [1.807, 2.05) is 30.3 Å². The van der Waals surface area contributed by atoms with Crippen molar-refractivity contribution in [3.8, 4) is 0 Å². The number of ether oxygens (including phenoxy) is 1. The molecule has 0 heterocycles. The second-order valence-electron chi connectivity index (χ2n) is 5.48. The van der Waals surface area contributed by atoms with Crippen LogP contribution in [0, 0.1) is 0 Å². The number of nitrogens with one attached hydrogen (secondary N) is 1. The van der Waals surface area contributed by atoms with Crippen LogP contribution in [0.2, 0.25) is 0 Å². The molecule has 1 amide bonds. The van der Waals surface area contributed by atoms with Gasteiger partial charge in [-0.3, -0.25) is 4.79 Å². The van der Waals surface area contributed by atoms with Crippen molar-refractivity contribution in [2.75, 3.05) is 0 Å². The molecule has 0 saturated carbocycles. The summed E-state index contributed by atoms with van der Waals surface area (Å²) in [5.74, 6) is -0.654. The van der Waals surface area contributed by atoms with Crippen molar-refractivity contribution in [2.45, 2.75) is 45.8 Å². The molecule has 1 rings (SSSR count). The molecule has 1 aromatic rings. The first-order valence-corrected chi connectivity index (χ1v) is 6.32. The Morgan fingerprint density at radius 3 is 2.26 bits per heavy atom. The smallest absolute Gasteiger partial charge is 0.329 e. The molecule has 0 saturated heterocycles. The summed E-state index contributed by atoms with van der Waals surface area (Å²) < 4.78 is 5.32. The highest BCUT2D eigenvalue weighted by molar-refractivity contribution is 5.83. The van der Waals surface area contributed by atoms with Crippen molar-refractivity contribution in [3.63, 3.8) is 0 Å². The van der Waals surface area contributed by atoms with E-state index in [0.29, 0.717) is 6.42 Å². The minimum atomic E-state index is -0.654. The normalized spacial score (nSPS) is 12.6. The van der Waals surface area contributed by atoms with E-state index >= 15 is 0 Å². The minimum absolute atomic E-state index is 0.244. The Morgan fingerprint density at radius 2 is 1.79 bits per heavy atom. The van der Waals surface area contributed by atoms with E-state index in [-0.39, 0.29) is 5.91 Å². The first-order valence-electron chi connectivity index (χ1n) is 6.32. The molecule has 0 aliphatic heterocycles. The molecule has 4 heteroatoms. The lowest BCUT2D eigenvalue weighted by molar-refractivity contribution is -0.158. The monoisotopic (exact) mass is 263 g/mol. The van der Waals surface area contributed by atoms with Crippen LogP contribution in [0.25, 0.3) is 0 Å². The van der Waals surface area contributed by atoms with Crippen LogP contribution in [-0.2, 0) is 20.7 Å². The lowest BCUT2D eigenvalue weighted by atomic mass is 10.1. The van der Waals surface area contributed by atoms with Gasteiger partial charge in [0.1, 0.15) is 11.6 Å². The van der Waals surface area contributed by atoms with E-state index in [0.717, 1.165) is 5.56 Å². The Bertz CT molecular complexity index is 434. The van der Waals surface area contributed by atoms with E-state index < -0.39 is 17.6 Å². The maximum absolute atomic E-state index is 12.1. The summed E-state index contributed by atoms with van der Waals surface area (Å²) in [4.78, 5) is 23.3. The molecule has 1 N–H and O–H groups in total. The van der Waals surface area contributed by atoms with E-state index in [2.05, 4.69) is 5.32 Å². The largest absolute Gasteiger partial charge is 0.458 e. The van der Waals surface area contributed by atoms with E-state index in [9.17, 15) is 9.59 Å². The van der Waals surface area contributed by atoms with Gasteiger partial charge in [-0.25, -0.2) is 4.79 Å². The Balaban J connectivity index is 2.77. The second-order valence-corrected chi connectivity index (χ2v) is 5.48. The highest BCUT2D eigenvalue weighted by Gasteiger charge is 2.25. The van der Waals surface area contributed by atoms with Crippen LogP contribution >= 0.6 is 0 Å². The van der Waals surface area contributed by atoms with E-state index in [4.69, 9.17) is 4.74 Å². The van der Waals surface area contributed by atoms with Gasteiger partial charge in [-0.05, 0) is 26.3 Å². The average Bonchev–Trinajstić information content (AvgIpc) is 2.26. The van der Waals surface area contributed by atoms with Crippen molar-refractivity contribution < 1.29 is 14.3 Å². The molecule has 104 valence electrons. The lowest BCUT2D eigenvalue weighted by Crippen LogP contribution is -2.44. The number of carbonyl (C=O) groups excluding carboxylic acids is 2. The van der Waals surface area contributed by atoms with Gasteiger partial charge in [0, 0.05) is 13.3 Å². The number of amides is 1. The summed E-state index contributed by atoms with van der Waals surface area (Å²) in [5, 5.41) is 2.64. The zero-order valence-corrected chi connectivity index (χ0v) is 11.9. The molecule has 4 nitrogen and oxygen atoms in total. The molecule has 0 aliphatic rings. The van der Waals surface area contributed by atoms with Gasteiger partial charge in [0.2, 0.25) is 5.91 Å². The second kappa shape index (κ2) is 6.36. The first-order chi connectivity index (χ1) is 8.78. The van der Waals surface area contributed by atoms with Crippen LogP contribution in [0.3, 0.4) is 0 Å². The summed E-state index contributed by atoms with van der Waals surface area (Å²) in [5.41, 5.74) is 0.414. The van der Waals surface area contributed by atoms with E-state index in [1.165, 1.54) is 6.92 Å². The number of esters is 1. The number of hydrogen-bond acceptors (Lipinski definition) is 3. The summed E-state index contributed by atoms with van der Waals surface area (Å²) in [6, 6.07) is 8.88. The van der Waals surface area contributed by atoms with Gasteiger partial charge in [-0.15, -0.1) is 0 Å². The molecular formula is C15H21NO3. The highest BCUT2D eigenvalue weighted by Crippen LogP contribution is 2.11. The number of hydrogen-bond donors (Lipinski definition) is 1. The quantitative estimate of drug-likeness (QED) is 0.846. The fourth-order valence-electron chi connectivity index (χ4n) is 1.66. The summed E-state index contributed by atoms with van der Waals surface area (Å²) >= 11 is 0. The Morgan fingerprint density at radius 1 is 1.21 bits per heavy atom. The van der Waals surface area contributed by atoms with Gasteiger partial charge in [0.05, 0.1) is 0 Å². The summed E-state index contributed by atoms with van der Waals surface area (Å²) in [7, 11) is 0. The predicted molar refractivity (Wildman–Crippen MR) is 73.6 cm³/mol. The van der Waals surface area contributed by atoms with E-state index in [1.54, 1.807) is 20.8 Å². The van der Waals surface area contributed by atoms with Crippen molar-refractivity contribution in [2.24, 2.45) is 0 Å². The molecule has 0 spiro atoms. The van der Waals surface area contributed by atoms with Crippen molar-refractivity contribution >= 4 is 11.9 Å². The van der Waals surface area contributed by atoms with Gasteiger partial charge in [0.25, 0.3) is 0 Å². The molecule has 0 unspecified atom stereocenters. The zero-order chi connectivity index (χ0) is 14.5. The third-order valence-electron chi connectivity index (χ3n) is 2.35. The zero-order valence-electron chi connectivity index (χ0n) is 11.9. The lowest BCUT2D eigenvalue weighted by Gasteiger charge is -2.24. The molecule has 0 fully saturated rings. The fourth-order valence-corrected chi connectivity index (χ4v) is 1.66. The predicted octanol–water partition coefficient (Wildman–Crippen LogP) is 2.08. The van der Waals surface area contributed by atoms with Crippen LogP contribution in [0.5, 0.6) is 0 Å².